The van der Waals surface area contributed by atoms with Gasteiger partial charge in [0.1, 0.15) is 17.6 Å². The molecule has 0 N–H and O–H groups in total. The van der Waals surface area contributed by atoms with E-state index in [2.05, 4.69) is 9.72 Å². The molecule has 12 heteroatoms. The Morgan fingerprint density at radius 2 is 1.90 bits per heavy atom. The van der Waals surface area contributed by atoms with Gasteiger partial charge >= 0.3 is 12.1 Å². The van der Waals surface area contributed by atoms with Gasteiger partial charge in [-0.05, 0) is 41.3 Å². The second-order valence-electron chi connectivity index (χ2n) is 9.24. The quantitative estimate of drug-likeness (QED) is 0.200. The number of carbonyl (C=O) groups excluding carboxylic acids is 2. The molecule has 0 saturated carbocycles. The van der Waals surface area contributed by atoms with Crippen molar-refractivity contribution in [1.29, 1.82) is 5.26 Å². The number of carbonyl (C=O) groups is 2. The van der Waals surface area contributed by atoms with Crippen LogP contribution in [0.3, 0.4) is 0 Å². The summed E-state index contributed by atoms with van der Waals surface area (Å²) in [5, 5.41) is 10.2. The van der Waals surface area contributed by atoms with E-state index < -0.39 is 18.0 Å². The highest BCUT2D eigenvalue weighted by Gasteiger charge is 2.41. The van der Waals surface area contributed by atoms with E-state index in [1.54, 1.807) is 41.7 Å². The van der Waals surface area contributed by atoms with Crippen LogP contribution >= 0.6 is 0 Å². The lowest BCUT2D eigenvalue weighted by molar-refractivity contribution is -0.189. The Labute approximate surface area is 225 Å². The Morgan fingerprint density at radius 3 is 2.65 bits per heavy atom. The fourth-order valence-corrected chi connectivity index (χ4v) is 4.62. The number of anilines is 1. The smallest absolute Gasteiger partial charge is 0.420 e. The maximum atomic E-state index is 13.7. The molecule has 40 heavy (non-hydrogen) atoms. The number of imidazole rings is 1. The number of ether oxygens (including phenoxy) is 1. The van der Waals surface area contributed by atoms with E-state index in [0.717, 1.165) is 11.3 Å². The topological polar surface area (TPSA) is 91.5 Å². The highest BCUT2D eigenvalue weighted by Crippen LogP contribution is 2.32. The number of nitriles is 1. The molecule has 5 rings (SSSR count). The van der Waals surface area contributed by atoms with Gasteiger partial charge in [-0.1, -0.05) is 24.3 Å². The predicted molar refractivity (Wildman–Crippen MR) is 136 cm³/mol. The third kappa shape index (κ3) is 5.64. The number of nitrogens with zero attached hydrogens (tertiary/aromatic N) is 5. The number of amides is 1. The average Bonchev–Trinajstić information content (AvgIpc) is 3.35. The van der Waals surface area contributed by atoms with Gasteiger partial charge in [0.25, 0.3) is 0 Å². The first kappa shape index (κ1) is 26.8. The zero-order valence-electron chi connectivity index (χ0n) is 20.9. The third-order valence-corrected chi connectivity index (χ3v) is 6.55. The number of esters is 1. The van der Waals surface area contributed by atoms with Gasteiger partial charge in [0.15, 0.2) is 0 Å². The molecule has 0 bridgehead atoms. The lowest BCUT2D eigenvalue weighted by atomic mass is 10.1. The summed E-state index contributed by atoms with van der Waals surface area (Å²) in [7, 11) is 0. The standard InChI is InChI=1S/C28H21F4N5O3/c29-24-7-4-18(10-20(24)12-33)14-36-17-34-13-21(36)15-35-8-9-37(26(38)16-35)25-3-1-2-19-5-6-22(11-23(19)25)40-27(39)28(30,31)32/h1-7,10-11,13,17H,8-9,14-16H2. The fourth-order valence-electron chi connectivity index (χ4n) is 4.62. The van der Waals surface area contributed by atoms with Gasteiger partial charge in [-0.2, -0.15) is 18.4 Å². The van der Waals surface area contributed by atoms with Gasteiger partial charge in [-0.3, -0.25) is 9.69 Å². The minimum Gasteiger partial charge on any atom is -0.420 e. The first-order chi connectivity index (χ1) is 19.1. The number of fused-ring (bicyclic) bond motifs is 1. The summed E-state index contributed by atoms with van der Waals surface area (Å²) in [6.07, 6.45) is -1.82. The lowest BCUT2D eigenvalue weighted by Crippen LogP contribution is -2.50. The van der Waals surface area contributed by atoms with Crippen molar-refractivity contribution in [2.24, 2.45) is 0 Å². The van der Waals surface area contributed by atoms with Crippen LogP contribution in [0, 0.1) is 17.1 Å². The Morgan fingerprint density at radius 1 is 1.07 bits per heavy atom. The van der Waals surface area contributed by atoms with Crippen LogP contribution in [0.4, 0.5) is 23.2 Å². The highest BCUT2D eigenvalue weighted by molar-refractivity contribution is 6.05. The van der Waals surface area contributed by atoms with Crippen molar-refractivity contribution >= 4 is 28.3 Å². The Bertz CT molecular complexity index is 1640. The molecule has 0 atom stereocenters. The molecule has 0 radical (unpaired) electrons. The first-order valence-electron chi connectivity index (χ1n) is 12.1. The molecule has 204 valence electrons. The van der Waals surface area contributed by atoms with Crippen molar-refractivity contribution in [2.75, 3.05) is 24.5 Å². The summed E-state index contributed by atoms with van der Waals surface area (Å²) >= 11 is 0. The van der Waals surface area contributed by atoms with Gasteiger partial charge in [-0.25, -0.2) is 14.2 Å². The second-order valence-corrected chi connectivity index (χ2v) is 9.24. The van der Waals surface area contributed by atoms with E-state index in [-0.39, 0.29) is 23.8 Å². The Balaban J connectivity index is 1.30. The number of halogens is 4. The number of hydrogen-bond acceptors (Lipinski definition) is 6. The van der Waals surface area contributed by atoms with E-state index in [0.29, 0.717) is 42.6 Å². The van der Waals surface area contributed by atoms with Crippen molar-refractivity contribution in [3.8, 4) is 11.8 Å². The van der Waals surface area contributed by atoms with Crippen LogP contribution in [0.5, 0.6) is 5.75 Å². The molecular formula is C28H21F4N5O3. The van der Waals surface area contributed by atoms with Gasteiger partial charge in [0.2, 0.25) is 5.91 Å². The van der Waals surface area contributed by atoms with Gasteiger partial charge < -0.3 is 14.2 Å². The SMILES string of the molecule is N#Cc1cc(Cn2cncc2CN2CCN(c3cccc4ccc(OC(=O)C(F)(F)F)cc34)C(=O)C2)ccc1F. The molecule has 0 aliphatic carbocycles. The van der Waals surface area contributed by atoms with Crippen LogP contribution in [0.25, 0.3) is 10.8 Å². The molecule has 1 saturated heterocycles. The van der Waals surface area contributed by atoms with E-state index in [1.165, 1.54) is 30.3 Å². The molecule has 4 aromatic rings. The number of benzene rings is 3. The minimum atomic E-state index is -5.13. The summed E-state index contributed by atoms with van der Waals surface area (Å²) in [5.74, 6) is -3.39. The molecule has 1 fully saturated rings. The van der Waals surface area contributed by atoms with Gasteiger partial charge in [0, 0.05) is 37.8 Å². The van der Waals surface area contributed by atoms with Crippen molar-refractivity contribution in [3.63, 3.8) is 0 Å². The molecule has 2 heterocycles. The maximum Gasteiger partial charge on any atom is 0.491 e. The summed E-state index contributed by atoms with van der Waals surface area (Å²) in [6, 6.07) is 15.5. The summed E-state index contributed by atoms with van der Waals surface area (Å²) < 4.78 is 58.0. The predicted octanol–water partition coefficient (Wildman–Crippen LogP) is 4.41. The van der Waals surface area contributed by atoms with Crippen molar-refractivity contribution in [3.05, 3.63) is 89.8 Å². The van der Waals surface area contributed by atoms with Gasteiger partial charge in [0.05, 0.1) is 29.8 Å². The van der Waals surface area contributed by atoms with Crippen LogP contribution in [-0.2, 0) is 22.7 Å². The summed E-state index contributed by atoms with van der Waals surface area (Å²) in [5.41, 5.74) is 2.02. The summed E-state index contributed by atoms with van der Waals surface area (Å²) in [6.45, 7) is 1.70. The molecule has 3 aromatic carbocycles. The zero-order valence-corrected chi connectivity index (χ0v) is 20.9. The third-order valence-electron chi connectivity index (χ3n) is 6.55. The largest absolute Gasteiger partial charge is 0.491 e. The molecule has 8 nitrogen and oxygen atoms in total. The van der Waals surface area contributed by atoms with Crippen LogP contribution in [0.1, 0.15) is 16.8 Å². The Hall–Kier alpha value is -4.76. The first-order valence-corrected chi connectivity index (χ1v) is 12.1. The maximum absolute atomic E-state index is 13.7. The number of piperazine rings is 1. The van der Waals surface area contributed by atoms with Crippen molar-refractivity contribution < 1.29 is 31.9 Å². The lowest BCUT2D eigenvalue weighted by Gasteiger charge is -2.35. The minimum absolute atomic E-state index is 0.0417. The number of aromatic nitrogens is 2. The van der Waals surface area contributed by atoms with E-state index >= 15 is 0 Å². The molecule has 1 amide bonds. The van der Waals surface area contributed by atoms with Crippen LogP contribution in [0.15, 0.2) is 67.1 Å². The molecule has 1 aliphatic rings. The van der Waals surface area contributed by atoms with E-state index in [4.69, 9.17) is 5.26 Å². The molecular weight excluding hydrogens is 530 g/mol. The van der Waals surface area contributed by atoms with Crippen LogP contribution in [-0.4, -0.2) is 52.1 Å². The zero-order chi connectivity index (χ0) is 28.4. The fraction of sp³-hybridized carbons (Fsp3) is 0.214. The molecule has 1 aliphatic heterocycles. The number of hydrogen-bond donors (Lipinski definition) is 0. The Kier molecular flexibility index (Phi) is 7.23. The highest BCUT2D eigenvalue weighted by atomic mass is 19.4. The number of alkyl halides is 3. The summed E-state index contributed by atoms with van der Waals surface area (Å²) in [4.78, 5) is 32.2. The van der Waals surface area contributed by atoms with Crippen LogP contribution < -0.4 is 9.64 Å². The molecule has 0 unspecified atom stereocenters. The van der Waals surface area contributed by atoms with E-state index in [1.807, 2.05) is 15.5 Å². The second kappa shape index (κ2) is 10.8. The molecule has 1 aromatic heterocycles. The van der Waals surface area contributed by atoms with Crippen molar-refractivity contribution in [2.45, 2.75) is 19.3 Å². The van der Waals surface area contributed by atoms with Crippen molar-refractivity contribution in [1.82, 2.24) is 14.5 Å². The molecule has 0 spiro atoms. The van der Waals surface area contributed by atoms with E-state index in [9.17, 15) is 27.2 Å². The van der Waals surface area contributed by atoms with Crippen LogP contribution in [0.2, 0.25) is 0 Å². The monoisotopic (exact) mass is 551 g/mol. The van der Waals surface area contributed by atoms with Gasteiger partial charge in [-0.15, -0.1) is 0 Å². The normalized spacial score (nSPS) is 14.4. The average molecular weight is 552 g/mol. The number of rotatable bonds is 6.